The molecule has 1 atom stereocenters. The van der Waals surface area contributed by atoms with Crippen LogP contribution >= 0.6 is 35.3 Å². The zero-order chi connectivity index (χ0) is 18.8. The number of guanidine groups is 1. The minimum absolute atomic E-state index is 0. The number of thiophene rings is 1. The van der Waals surface area contributed by atoms with Crippen LogP contribution in [0.3, 0.4) is 0 Å². The van der Waals surface area contributed by atoms with Gasteiger partial charge < -0.3 is 15.4 Å². The van der Waals surface area contributed by atoms with Gasteiger partial charge in [0.2, 0.25) is 0 Å². The fourth-order valence-corrected chi connectivity index (χ4v) is 3.79. The van der Waals surface area contributed by atoms with Gasteiger partial charge in [-0.2, -0.15) is 13.2 Å². The summed E-state index contributed by atoms with van der Waals surface area (Å²) in [5.74, 6) is 0.654. The van der Waals surface area contributed by atoms with Crippen LogP contribution in [-0.2, 0) is 4.74 Å². The van der Waals surface area contributed by atoms with E-state index in [1.165, 1.54) is 17.7 Å². The molecule has 10 heteroatoms. The first kappa shape index (κ1) is 24.4. The van der Waals surface area contributed by atoms with Crippen LogP contribution in [0.1, 0.15) is 30.2 Å². The zero-order valence-corrected chi connectivity index (χ0v) is 18.6. The van der Waals surface area contributed by atoms with Gasteiger partial charge in [0.25, 0.3) is 0 Å². The third-order valence-corrected chi connectivity index (χ3v) is 5.14. The van der Waals surface area contributed by atoms with Gasteiger partial charge in [-0.1, -0.05) is 6.07 Å². The maximum Gasteiger partial charge on any atom is 0.411 e. The Morgan fingerprint density at radius 1 is 1.33 bits per heavy atom. The molecule has 1 saturated heterocycles. The average molecular weight is 520 g/mol. The van der Waals surface area contributed by atoms with Crippen molar-refractivity contribution in [3.05, 3.63) is 22.4 Å². The van der Waals surface area contributed by atoms with E-state index in [1.807, 2.05) is 0 Å². The standard InChI is InChI=1S/C17H27F3N4OS.HI/c1-21-16(22-7-5-10-25-13-17(18,19)20)23-12-14(15-6-4-11-26-15)24-8-2-3-9-24;/h4,6,11,14H,2-3,5,7-10,12-13H2,1H3,(H2,21,22,23);1H. The van der Waals surface area contributed by atoms with Gasteiger partial charge in [0, 0.05) is 31.6 Å². The summed E-state index contributed by atoms with van der Waals surface area (Å²) in [6.07, 6.45) is -1.33. The van der Waals surface area contributed by atoms with Crippen molar-refractivity contribution in [1.29, 1.82) is 0 Å². The van der Waals surface area contributed by atoms with Gasteiger partial charge in [-0.25, -0.2) is 0 Å². The Morgan fingerprint density at radius 3 is 2.67 bits per heavy atom. The Hall–Kier alpha value is -0.590. The van der Waals surface area contributed by atoms with Gasteiger partial charge in [-0.05, 0) is 43.8 Å². The number of likely N-dealkylation sites (tertiary alicyclic amines) is 1. The van der Waals surface area contributed by atoms with E-state index in [4.69, 9.17) is 0 Å². The molecule has 0 radical (unpaired) electrons. The third kappa shape index (κ3) is 9.44. The second-order valence-electron chi connectivity index (χ2n) is 6.18. The molecule has 27 heavy (non-hydrogen) atoms. The molecule has 0 aromatic carbocycles. The highest BCUT2D eigenvalue weighted by atomic mass is 127. The fourth-order valence-electron chi connectivity index (χ4n) is 2.93. The number of nitrogens with one attached hydrogen (secondary N) is 2. The van der Waals surface area contributed by atoms with Crippen molar-refractivity contribution in [2.75, 3.05) is 46.4 Å². The highest BCUT2D eigenvalue weighted by Crippen LogP contribution is 2.27. The van der Waals surface area contributed by atoms with E-state index in [0.717, 1.165) is 19.6 Å². The summed E-state index contributed by atoms with van der Waals surface area (Å²) in [6.45, 7) is 2.32. The summed E-state index contributed by atoms with van der Waals surface area (Å²) < 4.78 is 40.6. The number of hydrogen-bond acceptors (Lipinski definition) is 4. The molecule has 0 amide bonds. The van der Waals surface area contributed by atoms with Crippen LogP contribution in [0.15, 0.2) is 22.5 Å². The lowest BCUT2D eigenvalue weighted by molar-refractivity contribution is -0.173. The van der Waals surface area contributed by atoms with Gasteiger partial charge in [0.15, 0.2) is 5.96 Å². The molecule has 0 spiro atoms. The molecule has 156 valence electrons. The van der Waals surface area contributed by atoms with E-state index >= 15 is 0 Å². The quantitative estimate of drug-likeness (QED) is 0.226. The Bertz CT molecular complexity index is 537. The van der Waals surface area contributed by atoms with Crippen LogP contribution in [0.25, 0.3) is 0 Å². The maximum atomic E-state index is 12.0. The second kappa shape index (κ2) is 12.8. The first-order chi connectivity index (χ1) is 12.5. The summed E-state index contributed by atoms with van der Waals surface area (Å²) in [6, 6.07) is 4.53. The van der Waals surface area contributed by atoms with E-state index in [0.29, 0.717) is 25.0 Å². The summed E-state index contributed by atoms with van der Waals surface area (Å²) in [5.41, 5.74) is 0. The summed E-state index contributed by atoms with van der Waals surface area (Å²) in [5, 5.41) is 8.54. The molecular weight excluding hydrogens is 492 g/mol. The number of aliphatic imine (C=N–C) groups is 1. The maximum absolute atomic E-state index is 12.0. The zero-order valence-electron chi connectivity index (χ0n) is 15.4. The van der Waals surface area contributed by atoms with Gasteiger partial charge in [-0.15, -0.1) is 35.3 Å². The lowest BCUT2D eigenvalue weighted by atomic mass is 10.2. The van der Waals surface area contributed by atoms with Crippen molar-refractivity contribution in [3.8, 4) is 0 Å². The number of halogens is 4. The molecule has 0 aliphatic carbocycles. The van der Waals surface area contributed by atoms with E-state index in [-0.39, 0.29) is 30.6 Å². The molecule has 1 aliphatic rings. The van der Waals surface area contributed by atoms with Crippen molar-refractivity contribution >= 4 is 41.3 Å². The highest BCUT2D eigenvalue weighted by molar-refractivity contribution is 14.0. The van der Waals surface area contributed by atoms with Crippen LogP contribution in [0.2, 0.25) is 0 Å². The summed E-state index contributed by atoms with van der Waals surface area (Å²) in [7, 11) is 1.69. The smallest absolute Gasteiger partial charge is 0.372 e. The normalized spacial score (nSPS) is 16.8. The Morgan fingerprint density at radius 2 is 2.07 bits per heavy atom. The molecule has 1 fully saturated rings. The SMILES string of the molecule is CN=C(NCCCOCC(F)(F)F)NCC(c1cccs1)N1CCCC1.I. The van der Waals surface area contributed by atoms with Gasteiger partial charge >= 0.3 is 6.18 Å². The molecule has 1 aromatic heterocycles. The molecule has 1 aromatic rings. The molecule has 2 N–H and O–H groups in total. The Labute approximate surface area is 179 Å². The number of hydrogen-bond donors (Lipinski definition) is 2. The first-order valence-corrected chi connectivity index (χ1v) is 9.74. The molecule has 2 rings (SSSR count). The van der Waals surface area contributed by atoms with E-state index in [1.54, 1.807) is 18.4 Å². The highest BCUT2D eigenvalue weighted by Gasteiger charge is 2.27. The minimum Gasteiger partial charge on any atom is -0.372 e. The van der Waals surface area contributed by atoms with Crippen LogP contribution in [0.5, 0.6) is 0 Å². The summed E-state index contributed by atoms with van der Waals surface area (Å²) in [4.78, 5) is 8.00. The van der Waals surface area contributed by atoms with Crippen molar-refractivity contribution in [2.45, 2.75) is 31.5 Å². The second-order valence-corrected chi connectivity index (χ2v) is 7.15. The lowest BCUT2D eigenvalue weighted by Gasteiger charge is -2.27. The molecule has 0 bridgehead atoms. The number of nitrogens with zero attached hydrogens (tertiary/aromatic N) is 2. The van der Waals surface area contributed by atoms with Crippen molar-refractivity contribution < 1.29 is 17.9 Å². The topological polar surface area (TPSA) is 48.9 Å². The molecule has 1 aliphatic heterocycles. The van der Waals surface area contributed by atoms with Crippen LogP contribution in [-0.4, -0.2) is 63.5 Å². The monoisotopic (exact) mass is 520 g/mol. The first-order valence-electron chi connectivity index (χ1n) is 8.86. The van der Waals surface area contributed by atoms with E-state index in [9.17, 15) is 13.2 Å². The third-order valence-electron chi connectivity index (χ3n) is 4.16. The Kier molecular flexibility index (Phi) is 11.6. The summed E-state index contributed by atoms with van der Waals surface area (Å²) >= 11 is 1.76. The van der Waals surface area contributed by atoms with Gasteiger partial charge in [0.05, 0.1) is 6.04 Å². The molecular formula is C17H28F3IN4OS. The predicted octanol–water partition coefficient (Wildman–Crippen LogP) is 3.64. The van der Waals surface area contributed by atoms with E-state index in [2.05, 4.69) is 42.8 Å². The van der Waals surface area contributed by atoms with Gasteiger partial charge in [0.1, 0.15) is 6.61 Å². The molecule has 1 unspecified atom stereocenters. The van der Waals surface area contributed by atoms with Crippen LogP contribution in [0.4, 0.5) is 13.2 Å². The average Bonchev–Trinajstić information content (AvgIpc) is 3.29. The van der Waals surface area contributed by atoms with Crippen molar-refractivity contribution in [3.63, 3.8) is 0 Å². The largest absolute Gasteiger partial charge is 0.411 e. The number of alkyl halides is 3. The number of rotatable bonds is 9. The minimum atomic E-state index is -4.27. The number of ether oxygens (including phenoxy) is 1. The van der Waals surface area contributed by atoms with Gasteiger partial charge in [-0.3, -0.25) is 9.89 Å². The van der Waals surface area contributed by atoms with Crippen LogP contribution in [0, 0.1) is 0 Å². The molecule has 5 nitrogen and oxygen atoms in total. The lowest BCUT2D eigenvalue weighted by Crippen LogP contribution is -2.42. The molecule has 2 heterocycles. The predicted molar refractivity (Wildman–Crippen MR) is 114 cm³/mol. The van der Waals surface area contributed by atoms with Crippen molar-refractivity contribution in [1.82, 2.24) is 15.5 Å². The molecule has 0 saturated carbocycles. The van der Waals surface area contributed by atoms with E-state index < -0.39 is 12.8 Å². The Balaban J connectivity index is 0.00000364. The van der Waals surface area contributed by atoms with Crippen molar-refractivity contribution in [2.24, 2.45) is 4.99 Å². The fraction of sp³-hybridized carbons (Fsp3) is 0.706. The van der Waals surface area contributed by atoms with Crippen LogP contribution < -0.4 is 10.6 Å².